The van der Waals surface area contributed by atoms with Gasteiger partial charge in [0.25, 0.3) is 0 Å². The van der Waals surface area contributed by atoms with Crippen LogP contribution in [0.3, 0.4) is 0 Å². The average Bonchev–Trinajstić information content (AvgIpc) is 3.19. The van der Waals surface area contributed by atoms with Crippen LogP contribution in [0.25, 0.3) is 10.8 Å². The van der Waals surface area contributed by atoms with Gasteiger partial charge in [-0.2, -0.15) is 16.8 Å². The second kappa shape index (κ2) is 17.9. The van der Waals surface area contributed by atoms with E-state index >= 15 is 0 Å². The molecule has 0 saturated heterocycles. The lowest BCUT2D eigenvalue weighted by molar-refractivity contribution is 0.131. The van der Waals surface area contributed by atoms with Crippen molar-refractivity contribution >= 4 is 52.0 Å². The monoisotopic (exact) mass is 882 g/mol. The first kappa shape index (κ1) is 43.9. The van der Waals surface area contributed by atoms with Crippen LogP contribution in [0.2, 0.25) is 0 Å². The molecule has 0 atom stereocenters. The fourth-order valence-electron chi connectivity index (χ4n) is 5.78. The fraction of sp³-hybridized carbons (Fsp3) is 0.130. The third-order valence-electron chi connectivity index (χ3n) is 8.62. The minimum atomic E-state index is -4.80. The molecule has 14 heteroatoms. The third kappa shape index (κ3) is 11.3. The highest BCUT2D eigenvalue weighted by molar-refractivity contribution is 7.97. The zero-order valence-corrected chi connectivity index (χ0v) is 36.6. The van der Waals surface area contributed by atoms with Gasteiger partial charge in [0.1, 0.15) is 31.3 Å². The van der Waals surface area contributed by atoms with Crippen LogP contribution in [0.1, 0.15) is 31.9 Å². The van der Waals surface area contributed by atoms with Gasteiger partial charge in [0.2, 0.25) is 0 Å². The molecule has 0 N–H and O–H groups in total. The second-order valence-electron chi connectivity index (χ2n) is 14.6. The van der Waals surface area contributed by atoms with Crippen molar-refractivity contribution in [2.45, 2.75) is 69.6 Å². The molecule has 0 bridgehead atoms. The highest BCUT2D eigenvalue weighted by atomic mass is 32.2. The van der Waals surface area contributed by atoms with Crippen LogP contribution in [-0.4, -0.2) is 35.4 Å². The lowest BCUT2D eigenvalue weighted by atomic mass is 10.1. The van der Waals surface area contributed by atoms with Gasteiger partial charge in [-0.05, 0) is 142 Å². The summed E-state index contributed by atoms with van der Waals surface area (Å²) >= 11 is 0. The Balaban J connectivity index is 0.000000218. The van der Waals surface area contributed by atoms with Crippen molar-refractivity contribution in [2.75, 3.05) is 0 Å². The van der Waals surface area contributed by atoms with Crippen molar-refractivity contribution in [1.29, 1.82) is 0 Å². The van der Waals surface area contributed by atoms with Gasteiger partial charge in [-0.15, -0.1) is 0 Å². The molecule has 60 heavy (non-hydrogen) atoms. The normalized spacial score (nSPS) is 12.1. The van der Waals surface area contributed by atoms with Crippen molar-refractivity contribution in [3.8, 4) is 17.2 Å². The van der Waals surface area contributed by atoms with Crippen LogP contribution >= 0.6 is 0 Å². The average molecular weight is 883 g/mol. The summed E-state index contributed by atoms with van der Waals surface area (Å²) in [6.45, 7) is 9.75. The van der Waals surface area contributed by atoms with E-state index in [1.54, 1.807) is 38.1 Å². The Bertz CT molecular complexity index is 2880. The maximum absolute atomic E-state index is 12.9. The van der Waals surface area contributed by atoms with Gasteiger partial charge < -0.3 is 17.7 Å². The Hall–Kier alpha value is -5.64. The van der Waals surface area contributed by atoms with E-state index in [0.29, 0.717) is 0 Å². The standard InChI is InChI=1S/C24H20O9S3.C22H23OS/c1-16-3-8-20(9-4-16)35(28,29)32-23-14-18-7-12-22(34(25,26)27)13-19(18)15-24(23)33-36(30,31)21-10-5-17(2)6-11-21;1-22(2,3)23-18-14-16-21(17-15-18)24(19-10-6-4-7-11-19)20-12-8-5-9-13-20/h3-15H,1-2H3,(H,25,26,27);4-17H,1-3H3/q;+1/p-1. The largest absolute Gasteiger partial charge is 0.744 e. The van der Waals surface area contributed by atoms with Crippen LogP contribution in [0, 0.1) is 13.8 Å². The molecule has 0 spiro atoms. The quantitative estimate of drug-likeness (QED) is 0.0697. The van der Waals surface area contributed by atoms with Gasteiger partial charge in [-0.25, -0.2) is 8.42 Å². The van der Waals surface area contributed by atoms with Crippen molar-refractivity contribution in [1.82, 2.24) is 0 Å². The Morgan fingerprint density at radius 1 is 0.467 bits per heavy atom. The highest BCUT2D eigenvalue weighted by Crippen LogP contribution is 2.38. The number of ether oxygens (including phenoxy) is 1. The number of aryl methyl sites for hydroxylation is 2. The molecule has 0 heterocycles. The predicted molar refractivity (Wildman–Crippen MR) is 232 cm³/mol. The van der Waals surface area contributed by atoms with E-state index in [-0.39, 0.29) is 37.1 Å². The first-order valence-electron chi connectivity index (χ1n) is 18.5. The molecule has 310 valence electrons. The molecule has 0 aliphatic heterocycles. The van der Waals surface area contributed by atoms with Crippen LogP contribution in [0.15, 0.2) is 193 Å². The minimum absolute atomic E-state index is 0.102. The molecule has 7 rings (SSSR count). The highest BCUT2D eigenvalue weighted by Gasteiger charge is 2.29. The second-order valence-corrected chi connectivity index (χ2v) is 21.1. The lowest BCUT2D eigenvalue weighted by Gasteiger charge is -2.21. The molecule has 0 aliphatic rings. The van der Waals surface area contributed by atoms with E-state index in [4.69, 9.17) is 13.1 Å². The van der Waals surface area contributed by atoms with E-state index in [1.165, 1.54) is 51.1 Å². The Labute approximate surface area is 354 Å². The molecule has 7 aromatic carbocycles. The molecule has 0 aliphatic carbocycles. The zero-order valence-electron chi connectivity index (χ0n) is 33.3. The summed E-state index contributed by atoms with van der Waals surface area (Å²) < 4.78 is 103. The van der Waals surface area contributed by atoms with Crippen LogP contribution in [0.4, 0.5) is 0 Å². The summed E-state index contributed by atoms with van der Waals surface area (Å²) in [6, 6.07) is 47.1. The predicted octanol–water partition coefficient (Wildman–Crippen LogP) is 9.86. The van der Waals surface area contributed by atoms with Crippen LogP contribution in [0.5, 0.6) is 17.2 Å². The summed E-state index contributed by atoms with van der Waals surface area (Å²) in [4.78, 5) is 3.03. The summed E-state index contributed by atoms with van der Waals surface area (Å²) in [5.41, 5.74) is 1.44. The summed E-state index contributed by atoms with van der Waals surface area (Å²) in [6.07, 6.45) is 0. The molecule has 0 fully saturated rings. The minimum Gasteiger partial charge on any atom is -0.744 e. The van der Waals surface area contributed by atoms with Crippen LogP contribution in [-0.2, 0) is 41.2 Å². The Kier molecular flexibility index (Phi) is 13.1. The van der Waals surface area contributed by atoms with Gasteiger partial charge in [0.15, 0.2) is 26.2 Å². The van der Waals surface area contributed by atoms with E-state index < -0.39 is 46.7 Å². The van der Waals surface area contributed by atoms with E-state index in [9.17, 15) is 29.8 Å². The smallest absolute Gasteiger partial charge is 0.339 e. The molecule has 0 amide bonds. The van der Waals surface area contributed by atoms with E-state index in [0.717, 1.165) is 35.1 Å². The van der Waals surface area contributed by atoms with Gasteiger partial charge in [0, 0.05) is 0 Å². The van der Waals surface area contributed by atoms with Crippen molar-refractivity contribution < 1.29 is 42.9 Å². The van der Waals surface area contributed by atoms with Crippen molar-refractivity contribution in [3.05, 3.63) is 175 Å². The number of fused-ring (bicyclic) bond motifs is 1. The maximum atomic E-state index is 12.9. The fourth-order valence-corrected chi connectivity index (χ4v) is 10.2. The van der Waals surface area contributed by atoms with Crippen molar-refractivity contribution in [3.63, 3.8) is 0 Å². The first-order valence-corrected chi connectivity index (χ1v) is 23.9. The summed E-state index contributed by atoms with van der Waals surface area (Å²) in [5.74, 6) is -0.0494. The molecule has 0 unspecified atom stereocenters. The number of hydrogen-bond acceptors (Lipinski definition) is 10. The number of benzene rings is 7. The van der Waals surface area contributed by atoms with Gasteiger partial charge in [0.05, 0.1) is 15.8 Å². The van der Waals surface area contributed by atoms with E-state index in [2.05, 4.69) is 106 Å². The summed E-state index contributed by atoms with van der Waals surface area (Å²) in [7, 11) is -13.7. The number of rotatable bonds is 11. The van der Waals surface area contributed by atoms with E-state index in [1.807, 2.05) is 0 Å². The zero-order chi connectivity index (χ0) is 43.3. The maximum Gasteiger partial charge on any atom is 0.339 e. The van der Waals surface area contributed by atoms with Gasteiger partial charge >= 0.3 is 20.2 Å². The third-order valence-corrected chi connectivity index (χ3v) is 14.2. The van der Waals surface area contributed by atoms with Crippen molar-refractivity contribution in [2.24, 2.45) is 0 Å². The summed E-state index contributed by atoms with van der Waals surface area (Å²) in [5, 5.41) is 0.387. The topological polar surface area (TPSA) is 153 Å². The molecular weight excluding hydrogens is 841 g/mol. The first-order chi connectivity index (χ1) is 28.3. The van der Waals surface area contributed by atoms with Gasteiger partial charge in [-0.1, -0.05) is 77.9 Å². The van der Waals surface area contributed by atoms with Crippen LogP contribution < -0.4 is 13.1 Å². The molecule has 7 aromatic rings. The SMILES string of the molecule is CC(C)(C)Oc1ccc([S+](c2ccccc2)c2ccccc2)cc1.Cc1ccc(S(=O)(=O)Oc2cc3ccc(S(=O)(=O)[O-])cc3cc2OS(=O)(=O)c2ccc(C)cc2)cc1. The molecule has 0 saturated carbocycles. The van der Waals surface area contributed by atoms with Gasteiger partial charge in [-0.3, -0.25) is 0 Å². The lowest BCUT2D eigenvalue weighted by Crippen LogP contribution is -2.22. The molecule has 10 nitrogen and oxygen atoms in total. The molecule has 0 aromatic heterocycles. The Morgan fingerprint density at radius 2 is 0.867 bits per heavy atom. The molecule has 0 radical (unpaired) electrons. The molecular formula is C46H42O10S4. The number of hydrogen-bond donors (Lipinski definition) is 0. The Morgan fingerprint density at radius 3 is 1.28 bits per heavy atom.